The smallest absolute Gasteiger partial charge is 0.129 e. The van der Waals surface area contributed by atoms with Gasteiger partial charge in [-0.2, -0.15) is 0 Å². The average molecular weight is 329 g/mol. The molecule has 0 aliphatic heterocycles. The molecule has 0 atom stereocenters. The summed E-state index contributed by atoms with van der Waals surface area (Å²) in [7, 11) is 1.60. The number of aliphatic imine (C=N–C) groups is 1. The third-order valence-corrected chi connectivity index (χ3v) is 3.89. The maximum Gasteiger partial charge on any atom is 0.129 e. The van der Waals surface area contributed by atoms with E-state index in [2.05, 4.69) is 11.6 Å². The Bertz CT molecular complexity index is 810. The van der Waals surface area contributed by atoms with Crippen LogP contribution in [0.25, 0.3) is 5.57 Å². The molecule has 2 rings (SSSR count). The first-order valence-corrected chi connectivity index (χ1v) is 7.67. The summed E-state index contributed by atoms with van der Waals surface area (Å²) in [6.45, 7) is 9.45. The van der Waals surface area contributed by atoms with Gasteiger partial charge in [0.15, 0.2) is 0 Å². The number of hydrogen-bond acceptors (Lipinski definition) is 2. The van der Waals surface area contributed by atoms with Crippen molar-refractivity contribution in [1.82, 2.24) is 0 Å². The van der Waals surface area contributed by atoms with Crippen molar-refractivity contribution in [2.24, 2.45) is 4.99 Å². The number of allylic oxidation sites excluding steroid dienone is 1. The quantitative estimate of drug-likeness (QED) is 0.657. The van der Waals surface area contributed by atoms with Crippen molar-refractivity contribution >= 4 is 17.5 Å². The maximum absolute atomic E-state index is 14.0. The van der Waals surface area contributed by atoms with Gasteiger partial charge in [0, 0.05) is 24.3 Å². The topological polar surface area (TPSA) is 21.6 Å². The Morgan fingerprint density at radius 1 is 1.12 bits per heavy atom. The largest absolute Gasteiger partial charge is 0.496 e. The van der Waals surface area contributed by atoms with Gasteiger partial charge >= 0.3 is 0 Å². The first kappa shape index (κ1) is 17.9. The maximum atomic E-state index is 14.0. The van der Waals surface area contributed by atoms with Gasteiger partial charge in [-0.25, -0.2) is 8.78 Å². The molecule has 24 heavy (non-hydrogen) atoms. The molecular weight excluding hydrogens is 308 g/mol. The molecule has 0 N–H and O–H groups in total. The predicted molar refractivity (Wildman–Crippen MR) is 95.4 cm³/mol. The van der Waals surface area contributed by atoms with E-state index >= 15 is 0 Å². The summed E-state index contributed by atoms with van der Waals surface area (Å²) in [6.07, 6.45) is 1.96. The van der Waals surface area contributed by atoms with Crippen molar-refractivity contribution in [1.29, 1.82) is 0 Å². The van der Waals surface area contributed by atoms with E-state index in [0.29, 0.717) is 16.7 Å². The molecule has 0 bridgehead atoms. The van der Waals surface area contributed by atoms with Crippen LogP contribution in [-0.4, -0.2) is 13.3 Å². The van der Waals surface area contributed by atoms with Crippen molar-refractivity contribution in [3.63, 3.8) is 0 Å². The van der Waals surface area contributed by atoms with Gasteiger partial charge < -0.3 is 4.74 Å². The van der Waals surface area contributed by atoms with Crippen LogP contribution in [-0.2, 0) is 6.42 Å². The molecule has 4 heteroatoms. The van der Waals surface area contributed by atoms with E-state index in [4.69, 9.17) is 4.74 Å². The lowest BCUT2D eigenvalue weighted by Gasteiger charge is -2.14. The molecule has 0 saturated heterocycles. The fourth-order valence-corrected chi connectivity index (χ4v) is 2.60. The molecule has 126 valence electrons. The second-order valence-corrected chi connectivity index (χ2v) is 5.70. The van der Waals surface area contributed by atoms with Crippen LogP contribution in [0.1, 0.15) is 29.2 Å². The second kappa shape index (κ2) is 7.39. The fourth-order valence-electron chi connectivity index (χ4n) is 2.60. The van der Waals surface area contributed by atoms with Crippen LogP contribution >= 0.6 is 0 Å². The zero-order chi connectivity index (χ0) is 17.9. The molecule has 0 unspecified atom stereocenters. The molecule has 0 amide bonds. The molecule has 2 aromatic rings. The molecule has 0 radical (unpaired) electrons. The van der Waals surface area contributed by atoms with Crippen molar-refractivity contribution < 1.29 is 13.5 Å². The van der Waals surface area contributed by atoms with Crippen molar-refractivity contribution in [3.05, 3.63) is 64.7 Å². The van der Waals surface area contributed by atoms with Gasteiger partial charge in [-0.15, -0.1) is 0 Å². The molecule has 2 nitrogen and oxygen atoms in total. The van der Waals surface area contributed by atoms with E-state index in [0.717, 1.165) is 28.6 Å². The summed E-state index contributed by atoms with van der Waals surface area (Å²) in [5, 5.41) is 0. The van der Waals surface area contributed by atoms with Crippen LogP contribution in [0.4, 0.5) is 14.5 Å². The Morgan fingerprint density at radius 3 is 2.46 bits per heavy atom. The fraction of sp³-hybridized carbons (Fsp3) is 0.250. The first-order valence-electron chi connectivity index (χ1n) is 7.67. The van der Waals surface area contributed by atoms with Gasteiger partial charge in [-0.3, -0.25) is 4.99 Å². The van der Waals surface area contributed by atoms with Crippen LogP contribution in [0.3, 0.4) is 0 Å². The van der Waals surface area contributed by atoms with Crippen LogP contribution < -0.4 is 4.74 Å². The monoisotopic (exact) mass is 329 g/mol. The molecule has 0 saturated carbocycles. The van der Waals surface area contributed by atoms with E-state index in [1.165, 1.54) is 6.07 Å². The SMILES string of the molecule is C=C(Cc1cc(C)c(F)cc1F)c1cc(OC)c(C)cc1/N=C\C. The average Bonchev–Trinajstić information content (AvgIpc) is 2.53. The van der Waals surface area contributed by atoms with Gasteiger partial charge in [0.05, 0.1) is 12.8 Å². The number of methoxy groups -OCH3 is 1. The molecule has 0 aromatic heterocycles. The molecule has 2 aromatic carbocycles. The summed E-state index contributed by atoms with van der Waals surface area (Å²) in [4.78, 5) is 4.36. The van der Waals surface area contributed by atoms with Gasteiger partial charge in [-0.1, -0.05) is 6.58 Å². The molecular formula is C20H21F2NO. The number of hydrogen-bond donors (Lipinski definition) is 0. The summed E-state index contributed by atoms with van der Waals surface area (Å²) < 4.78 is 32.8. The summed E-state index contributed by atoms with van der Waals surface area (Å²) in [5.74, 6) is -0.397. The normalized spacial score (nSPS) is 11.1. The van der Waals surface area contributed by atoms with Gasteiger partial charge in [0.2, 0.25) is 0 Å². The minimum atomic E-state index is -0.570. The van der Waals surface area contributed by atoms with E-state index in [9.17, 15) is 8.78 Å². The lowest BCUT2D eigenvalue weighted by Crippen LogP contribution is -1.98. The molecule has 0 spiro atoms. The first-order chi connectivity index (χ1) is 11.4. The van der Waals surface area contributed by atoms with Gasteiger partial charge in [-0.05, 0) is 61.2 Å². The third-order valence-electron chi connectivity index (χ3n) is 3.89. The summed E-state index contributed by atoms with van der Waals surface area (Å²) in [5.41, 5.74) is 4.01. The Morgan fingerprint density at radius 2 is 1.83 bits per heavy atom. The number of halogens is 2. The molecule has 0 aliphatic carbocycles. The number of benzene rings is 2. The number of rotatable bonds is 5. The Hall–Kier alpha value is -2.49. The van der Waals surface area contributed by atoms with Crippen LogP contribution in [0.2, 0.25) is 0 Å². The predicted octanol–water partition coefficient (Wildman–Crippen LogP) is 5.57. The van der Waals surface area contributed by atoms with Crippen molar-refractivity contribution in [3.8, 4) is 5.75 Å². The second-order valence-electron chi connectivity index (χ2n) is 5.70. The Kier molecular flexibility index (Phi) is 5.50. The molecule has 0 fully saturated rings. The van der Waals surface area contributed by atoms with Crippen molar-refractivity contribution in [2.45, 2.75) is 27.2 Å². The minimum absolute atomic E-state index is 0.269. The van der Waals surface area contributed by atoms with Crippen molar-refractivity contribution in [2.75, 3.05) is 7.11 Å². The van der Waals surface area contributed by atoms with Gasteiger partial charge in [0.25, 0.3) is 0 Å². The highest BCUT2D eigenvalue weighted by molar-refractivity contribution is 5.79. The highest BCUT2D eigenvalue weighted by Crippen LogP contribution is 2.34. The molecule has 0 aliphatic rings. The number of ether oxygens (including phenoxy) is 1. The van der Waals surface area contributed by atoms with E-state index in [1.807, 2.05) is 26.0 Å². The zero-order valence-corrected chi connectivity index (χ0v) is 14.4. The lowest BCUT2D eigenvalue weighted by molar-refractivity contribution is 0.411. The van der Waals surface area contributed by atoms with Crippen LogP contribution in [0, 0.1) is 25.5 Å². The molecule has 0 heterocycles. The standard InChI is InChI=1S/C20H21F2NO/c1-6-23-19-9-14(4)20(24-5)10-16(19)12(2)7-15-8-13(3)17(21)11-18(15)22/h6,8-11H,2,7H2,1,3-5H3/b23-6-. The Labute approximate surface area is 141 Å². The van der Waals surface area contributed by atoms with E-state index in [-0.39, 0.29) is 6.42 Å². The van der Waals surface area contributed by atoms with Crippen LogP contribution in [0.5, 0.6) is 5.75 Å². The minimum Gasteiger partial charge on any atom is -0.496 e. The lowest BCUT2D eigenvalue weighted by atomic mass is 9.95. The summed E-state index contributed by atoms with van der Waals surface area (Å²) in [6, 6.07) is 6.20. The summed E-state index contributed by atoms with van der Waals surface area (Å²) >= 11 is 0. The van der Waals surface area contributed by atoms with Crippen LogP contribution in [0.15, 0.2) is 35.8 Å². The third kappa shape index (κ3) is 3.70. The van der Waals surface area contributed by atoms with Gasteiger partial charge in [0.1, 0.15) is 17.4 Å². The van der Waals surface area contributed by atoms with E-state index < -0.39 is 11.6 Å². The number of nitrogens with zero attached hydrogens (tertiary/aromatic N) is 1. The zero-order valence-electron chi connectivity index (χ0n) is 14.4. The number of aryl methyl sites for hydroxylation is 2. The Balaban J connectivity index is 2.44. The highest BCUT2D eigenvalue weighted by Gasteiger charge is 2.14. The van der Waals surface area contributed by atoms with E-state index in [1.54, 1.807) is 20.2 Å². The highest BCUT2D eigenvalue weighted by atomic mass is 19.1.